The third-order valence-electron chi connectivity index (χ3n) is 3.25. The molecule has 0 saturated carbocycles. The number of nitrogens with one attached hydrogen (secondary N) is 1. The molecule has 92 valence electrons. The fraction of sp³-hybridized carbons (Fsp3) is 0.462. The normalized spacial score (nSPS) is 19.6. The molecule has 17 heavy (non-hydrogen) atoms. The van der Waals surface area contributed by atoms with E-state index >= 15 is 0 Å². The third-order valence-corrected chi connectivity index (χ3v) is 3.62. The average molecular weight is 253 g/mol. The number of halogens is 1. The Hall–Kier alpha value is -1.06. The summed E-state index contributed by atoms with van der Waals surface area (Å²) in [7, 11) is 1.94. The number of rotatable bonds is 3. The molecule has 1 aliphatic rings. The average Bonchev–Trinajstić information content (AvgIpc) is 2.81. The van der Waals surface area contributed by atoms with Crippen LogP contribution < -0.4 is 5.32 Å². The SMILES string of the molecule is CNC1CCN(C(=O)Cc2ccccc2Cl)C1. The molecule has 1 amide bonds. The van der Waals surface area contributed by atoms with E-state index in [9.17, 15) is 4.79 Å². The van der Waals surface area contributed by atoms with Crippen molar-refractivity contribution in [1.82, 2.24) is 10.2 Å². The largest absolute Gasteiger partial charge is 0.341 e. The Bertz CT molecular complexity index is 408. The summed E-state index contributed by atoms with van der Waals surface area (Å²) >= 11 is 6.05. The first-order valence-electron chi connectivity index (χ1n) is 5.89. The van der Waals surface area contributed by atoms with Gasteiger partial charge < -0.3 is 10.2 Å². The number of carbonyl (C=O) groups is 1. The molecule has 0 aliphatic carbocycles. The van der Waals surface area contributed by atoms with E-state index in [1.807, 2.05) is 36.2 Å². The van der Waals surface area contributed by atoms with Gasteiger partial charge in [0.2, 0.25) is 5.91 Å². The molecule has 1 aromatic carbocycles. The van der Waals surface area contributed by atoms with Crippen molar-refractivity contribution in [2.75, 3.05) is 20.1 Å². The maximum Gasteiger partial charge on any atom is 0.227 e. The van der Waals surface area contributed by atoms with Gasteiger partial charge in [-0.2, -0.15) is 0 Å². The smallest absolute Gasteiger partial charge is 0.227 e. The number of carbonyl (C=O) groups excluding carboxylic acids is 1. The van der Waals surface area contributed by atoms with Gasteiger partial charge in [-0.3, -0.25) is 4.79 Å². The molecule has 4 heteroatoms. The van der Waals surface area contributed by atoms with Crippen LogP contribution >= 0.6 is 11.6 Å². The third kappa shape index (κ3) is 2.99. The molecule has 1 unspecified atom stereocenters. The van der Waals surface area contributed by atoms with E-state index in [1.165, 1.54) is 0 Å². The summed E-state index contributed by atoms with van der Waals surface area (Å²) in [5, 5.41) is 3.88. The summed E-state index contributed by atoms with van der Waals surface area (Å²) in [6.07, 6.45) is 1.43. The Morgan fingerprint density at radius 3 is 2.94 bits per heavy atom. The predicted molar refractivity (Wildman–Crippen MR) is 69.2 cm³/mol. The number of likely N-dealkylation sites (tertiary alicyclic amines) is 1. The Kier molecular flexibility index (Phi) is 4.02. The first-order chi connectivity index (χ1) is 8.20. The molecular weight excluding hydrogens is 236 g/mol. The molecule has 2 rings (SSSR count). The Balaban J connectivity index is 1.96. The second-order valence-electron chi connectivity index (χ2n) is 4.38. The highest BCUT2D eigenvalue weighted by Gasteiger charge is 2.25. The Morgan fingerprint density at radius 2 is 2.29 bits per heavy atom. The fourth-order valence-corrected chi connectivity index (χ4v) is 2.34. The highest BCUT2D eigenvalue weighted by Crippen LogP contribution is 2.17. The molecule has 0 bridgehead atoms. The minimum Gasteiger partial charge on any atom is -0.341 e. The second-order valence-corrected chi connectivity index (χ2v) is 4.79. The molecular formula is C13H17ClN2O. The van der Waals surface area contributed by atoms with Crippen LogP contribution in [0, 0.1) is 0 Å². The summed E-state index contributed by atoms with van der Waals surface area (Å²) in [6.45, 7) is 1.65. The molecule has 1 saturated heterocycles. The van der Waals surface area contributed by atoms with E-state index in [1.54, 1.807) is 0 Å². The standard InChI is InChI=1S/C13H17ClN2O/c1-15-11-6-7-16(9-11)13(17)8-10-4-2-3-5-12(10)14/h2-5,11,15H,6-9H2,1H3. The van der Waals surface area contributed by atoms with Crippen LogP contribution in [0.4, 0.5) is 0 Å². The van der Waals surface area contributed by atoms with Gasteiger partial charge in [0, 0.05) is 24.2 Å². The van der Waals surface area contributed by atoms with Crippen molar-refractivity contribution in [2.45, 2.75) is 18.9 Å². The van der Waals surface area contributed by atoms with Crippen molar-refractivity contribution in [1.29, 1.82) is 0 Å². The lowest BCUT2D eigenvalue weighted by atomic mass is 10.1. The van der Waals surface area contributed by atoms with Gasteiger partial charge >= 0.3 is 0 Å². The predicted octanol–water partition coefficient (Wildman–Crippen LogP) is 1.70. The van der Waals surface area contributed by atoms with Gasteiger partial charge in [-0.25, -0.2) is 0 Å². The van der Waals surface area contributed by atoms with E-state index in [0.29, 0.717) is 17.5 Å². The second kappa shape index (κ2) is 5.52. The van der Waals surface area contributed by atoms with Gasteiger partial charge in [-0.1, -0.05) is 29.8 Å². The van der Waals surface area contributed by atoms with Crippen molar-refractivity contribution >= 4 is 17.5 Å². The maximum atomic E-state index is 12.1. The zero-order chi connectivity index (χ0) is 12.3. The Labute approximate surface area is 107 Å². The molecule has 1 aliphatic heterocycles. The summed E-state index contributed by atoms with van der Waals surface area (Å²) in [5.41, 5.74) is 0.909. The van der Waals surface area contributed by atoms with Crippen LogP contribution in [0.2, 0.25) is 5.02 Å². The lowest BCUT2D eigenvalue weighted by molar-refractivity contribution is -0.129. The van der Waals surface area contributed by atoms with Crippen molar-refractivity contribution in [3.8, 4) is 0 Å². The number of hydrogen-bond donors (Lipinski definition) is 1. The van der Waals surface area contributed by atoms with E-state index in [2.05, 4.69) is 5.32 Å². The summed E-state index contributed by atoms with van der Waals surface area (Å²) in [4.78, 5) is 14.0. The quantitative estimate of drug-likeness (QED) is 0.888. The molecule has 1 heterocycles. The van der Waals surface area contributed by atoms with Crippen LogP contribution in [0.1, 0.15) is 12.0 Å². The van der Waals surface area contributed by atoms with Gasteiger partial charge in [0.15, 0.2) is 0 Å². The molecule has 1 N–H and O–H groups in total. The minimum atomic E-state index is 0.163. The van der Waals surface area contributed by atoms with Gasteiger partial charge in [0.1, 0.15) is 0 Å². The van der Waals surface area contributed by atoms with Crippen LogP contribution in [0.25, 0.3) is 0 Å². The lowest BCUT2D eigenvalue weighted by Crippen LogP contribution is -2.34. The van der Waals surface area contributed by atoms with Crippen LogP contribution in [0.15, 0.2) is 24.3 Å². The van der Waals surface area contributed by atoms with Crippen molar-refractivity contribution in [3.05, 3.63) is 34.9 Å². The highest BCUT2D eigenvalue weighted by atomic mass is 35.5. The van der Waals surface area contributed by atoms with E-state index in [0.717, 1.165) is 25.1 Å². The summed E-state index contributed by atoms with van der Waals surface area (Å²) in [6, 6.07) is 7.96. The molecule has 0 radical (unpaired) electrons. The van der Waals surface area contributed by atoms with Crippen LogP contribution in [0.5, 0.6) is 0 Å². The summed E-state index contributed by atoms with van der Waals surface area (Å²) in [5.74, 6) is 0.163. The molecule has 0 aromatic heterocycles. The number of hydrogen-bond acceptors (Lipinski definition) is 2. The van der Waals surface area contributed by atoms with Gasteiger partial charge in [-0.15, -0.1) is 0 Å². The van der Waals surface area contributed by atoms with Gasteiger partial charge in [0.25, 0.3) is 0 Å². The zero-order valence-corrected chi connectivity index (χ0v) is 10.7. The van der Waals surface area contributed by atoms with E-state index in [4.69, 9.17) is 11.6 Å². The molecule has 1 atom stereocenters. The number of amides is 1. The maximum absolute atomic E-state index is 12.1. The topological polar surface area (TPSA) is 32.3 Å². The van der Waals surface area contributed by atoms with Crippen LogP contribution in [0.3, 0.4) is 0 Å². The highest BCUT2D eigenvalue weighted by molar-refractivity contribution is 6.31. The van der Waals surface area contributed by atoms with Crippen LogP contribution in [-0.4, -0.2) is 37.0 Å². The first-order valence-corrected chi connectivity index (χ1v) is 6.27. The fourth-order valence-electron chi connectivity index (χ4n) is 2.14. The minimum absolute atomic E-state index is 0.163. The Morgan fingerprint density at radius 1 is 1.53 bits per heavy atom. The van der Waals surface area contributed by atoms with E-state index in [-0.39, 0.29) is 5.91 Å². The zero-order valence-electron chi connectivity index (χ0n) is 9.95. The molecule has 1 fully saturated rings. The summed E-state index contributed by atoms with van der Waals surface area (Å²) < 4.78 is 0. The number of likely N-dealkylation sites (N-methyl/N-ethyl adjacent to an activating group) is 1. The van der Waals surface area contributed by atoms with Crippen molar-refractivity contribution in [3.63, 3.8) is 0 Å². The van der Waals surface area contributed by atoms with Crippen molar-refractivity contribution < 1.29 is 4.79 Å². The first kappa shape index (κ1) is 12.4. The molecule has 3 nitrogen and oxygen atoms in total. The number of benzene rings is 1. The van der Waals surface area contributed by atoms with Crippen LogP contribution in [-0.2, 0) is 11.2 Å². The van der Waals surface area contributed by atoms with E-state index < -0.39 is 0 Å². The van der Waals surface area contributed by atoms with Gasteiger partial charge in [0.05, 0.1) is 6.42 Å². The monoisotopic (exact) mass is 252 g/mol. The van der Waals surface area contributed by atoms with Crippen molar-refractivity contribution in [2.24, 2.45) is 0 Å². The lowest BCUT2D eigenvalue weighted by Gasteiger charge is -2.16. The molecule has 1 aromatic rings. The number of nitrogens with zero attached hydrogens (tertiary/aromatic N) is 1. The molecule has 0 spiro atoms. The van der Waals surface area contributed by atoms with Gasteiger partial charge in [-0.05, 0) is 25.1 Å².